The van der Waals surface area contributed by atoms with E-state index in [1.54, 1.807) is 24.2 Å². The molecule has 10 heteroatoms. The third-order valence-corrected chi connectivity index (χ3v) is 6.67. The average Bonchev–Trinajstić information content (AvgIpc) is 2.74. The minimum absolute atomic E-state index is 0.0285. The summed E-state index contributed by atoms with van der Waals surface area (Å²) < 4.78 is 47.3. The van der Waals surface area contributed by atoms with Crippen molar-refractivity contribution in [2.45, 2.75) is 17.7 Å². The first kappa shape index (κ1) is 22.0. The molecule has 1 aliphatic rings. The van der Waals surface area contributed by atoms with Crippen molar-refractivity contribution in [3.8, 4) is 5.75 Å². The maximum Gasteiger partial charge on any atom is 0.263 e. The molecule has 30 heavy (non-hydrogen) atoms. The van der Waals surface area contributed by atoms with E-state index >= 15 is 0 Å². The van der Waals surface area contributed by atoms with E-state index in [1.807, 2.05) is 0 Å². The van der Waals surface area contributed by atoms with Crippen LogP contribution in [-0.2, 0) is 17.1 Å². The van der Waals surface area contributed by atoms with Gasteiger partial charge in [0.25, 0.3) is 11.5 Å². The summed E-state index contributed by atoms with van der Waals surface area (Å²) in [5.41, 5.74) is -0.218. The van der Waals surface area contributed by atoms with Crippen molar-refractivity contribution in [3.63, 3.8) is 0 Å². The molecule has 0 spiro atoms. The van der Waals surface area contributed by atoms with E-state index in [1.165, 1.54) is 29.9 Å². The molecule has 1 fully saturated rings. The highest BCUT2D eigenvalue weighted by atomic mass is 32.2. The van der Waals surface area contributed by atoms with Crippen LogP contribution in [0.2, 0.25) is 0 Å². The predicted octanol–water partition coefficient (Wildman–Crippen LogP) is 1.36. The van der Waals surface area contributed by atoms with Crippen LogP contribution in [0, 0.1) is 11.7 Å². The average molecular weight is 437 g/mol. The number of rotatable bonds is 6. The smallest absolute Gasteiger partial charge is 0.263 e. The molecule has 0 atom stereocenters. The molecular weight excluding hydrogens is 413 g/mol. The lowest BCUT2D eigenvalue weighted by Crippen LogP contribution is -2.43. The first-order valence-electron chi connectivity index (χ1n) is 9.51. The van der Waals surface area contributed by atoms with Gasteiger partial charge < -0.3 is 14.2 Å². The number of piperidine rings is 1. The van der Waals surface area contributed by atoms with E-state index in [2.05, 4.69) is 4.72 Å². The number of ether oxygens (including phenoxy) is 1. The van der Waals surface area contributed by atoms with Crippen molar-refractivity contribution in [2.75, 3.05) is 26.7 Å². The number of amides is 1. The fourth-order valence-corrected chi connectivity index (χ4v) is 4.52. The third kappa shape index (κ3) is 4.71. The quantitative estimate of drug-likeness (QED) is 0.736. The number of hydrogen-bond donors (Lipinski definition) is 1. The SMILES string of the molecule is COc1ccc(S(=O)(=O)NCC2CCN(C(=O)c3cccn(C)c3=O)CC2)cc1F. The van der Waals surface area contributed by atoms with E-state index in [0.29, 0.717) is 25.9 Å². The molecule has 162 valence electrons. The summed E-state index contributed by atoms with van der Waals surface area (Å²) in [7, 11) is -0.968. The molecule has 2 aromatic rings. The van der Waals surface area contributed by atoms with Gasteiger partial charge in [-0.15, -0.1) is 0 Å². The summed E-state index contributed by atoms with van der Waals surface area (Å²) in [5.74, 6) is -1.06. The first-order valence-corrected chi connectivity index (χ1v) is 11.0. The zero-order valence-electron chi connectivity index (χ0n) is 16.8. The molecule has 1 aromatic heterocycles. The Bertz CT molecular complexity index is 1090. The van der Waals surface area contributed by atoms with Crippen LogP contribution in [-0.4, -0.2) is 50.5 Å². The minimum atomic E-state index is -3.86. The van der Waals surface area contributed by atoms with Crippen LogP contribution in [0.1, 0.15) is 23.2 Å². The van der Waals surface area contributed by atoms with E-state index in [0.717, 1.165) is 6.07 Å². The van der Waals surface area contributed by atoms with Crippen LogP contribution in [0.15, 0.2) is 46.2 Å². The Morgan fingerprint density at radius 1 is 1.27 bits per heavy atom. The summed E-state index contributed by atoms with van der Waals surface area (Å²) in [6.07, 6.45) is 2.78. The largest absolute Gasteiger partial charge is 0.494 e. The van der Waals surface area contributed by atoms with Gasteiger partial charge in [0.15, 0.2) is 11.6 Å². The number of methoxy groups -OCH3 is 1. The van der Waals surface area contributed by atoms with Crippen molar-refractivity contribution in [3.05, 3.63) is 58.3 Å². The van der Waals surface area contributed by atoms with Crippen molar-refractivity contribution < 1.29 is 22.3 Å². The van der Waals surface area contributed by atoms with Crippen LogP contribution >= 0.6 is 0 Å². The Kier molecular flexibility index (Phi) is 6.57. The lowest BCUT2D eigenvalue weighted by atomic mass is 9.97. The zero-order valence-corrected chi connectivity index (χ0v) is 17.6. The molecule has 1 aliphatic heterocycles. The van der Waals surface area contributed by atoms with Crippen molar-refractivity contribution in [1.29, 1.82) is 0 Å². The van der Waals surface area contributed by atoms with Crippen LogP contribution in [0.4, 0.5) is 4.39 Å². The molecule has 1 saturated heterocycles. The van der Waals surface area contributed by atoms with Crippen molar-refractivity contribution >= 4 is 15.9 Å². The predicted molar refractivity (Wildman–Crippen MR) is 108 cm³/mol. The van der Waals surface area contributed by atoms with Crippen molar-refractivity contribution in [2.24, 2.45) is 13.0 Å². The number of likely N-dealkylation sites (tertiary alicyclic amines) is 1. The number of aryl methyl sites for hydroxylation is 1. The number of pyridine rings is 1. The lowest BCUT2D eigenvalue weighted by Gasteiger charge is -2.32. The van der Waals surface area contributed by atoms with E-state index < -0.39 is 15.8 Å². The second-order valence-corrected chi connectivity index (χ2v) is 8.99. The minimum Gasteiger partial charge on any atom is -0.494 e. The van der Waals surface area contributed by atoms with Gasteiger partial charge in [-0.25, -0.2) is 17.5 Å². The third-order valence-electron chi connectivity index (χ3n) is 5.25. The standard InChI is InChI=1S/C20H24FN3O5S/c1-23-9-3-4-16(19(23)25)20(26)24-10-7-14(8-11-24)13-22-30(27,28)15-5-6-18(29-2)17(21)12-15/h3-6,9,12,14,22H,7-8,10-11,13H2,1-2H3. The molecular formula is C20H24FN3O5S. The monoisotopic (exact) mass is 437 g/mol. The number of aromatic nitrogens is 1. The van der Waals surface area contributed by atoms with Crippen LogP contribution in [0.25, 0.3) is 0 Å². The Labute approximate surface area is 174 Å². The number of halogens is 1. The zero-order chi connectivity index (χ0) is 21.9. The molecule has 0 saturated carbocycles. The highest BCUT2D eigenvalue weighted by Gasteiger charge is 2.26. The maximum atomic E-state index is 13.8. The fourth-order valence-electron chi connectivity index (χ4n) is 3.40. The number of nitrogens with zero attached hydrogens (tertiary/aromatic N) is 2. The number of carbonyl (C=O) groups excluding carboxylic acids is 1. The summed E-state index contributed by atoms with van der Waals surface area (Å²) >= 11 is 0. The van der Waals surface area contributed by atoms with Gasteiger partial charge in [0.1, 0.15) is 5.56 Å². The summed E-state index contributed by atoms with van der Waals surface area (Å²) in [5, 5.41) is 0. The summed E-state index contributed by atoms with van der Waals surface area (Å²) in [4.78, 5) is 26.2. The molecule has 2 heterocycles. The van der Waals surface area contributed by atoms with Gasteiger partial charge >= 0.3 is 0 Å². The maximum absolute atomic E-state index is 13.8. The van der Waals surface area contributed by atoms with Gasteiger partial charge in [0.05, 0.1) is 12.0 Å². The van der Waals surface area contributed by atoms with Crippen LogP contribution in [0.3, 0.4) is 0 Å². The Morgan fingerprint density at radius 2 is 1.97 bits per heavy atom. The molecule has 8 nitrogen and oxygen atoms in total. The molecule has 0 bridgehead atoms. The molecule has 0 radical (unpaired) electrons. The first-order chi connectivity index (χ1) is 14.2. The molecule has 1 aromatic carbocycles. The van der Waals surface area contributed by atoms with E-state index in [-0.39, 0.29) is 40.1 Å². The molecule has 1 amide bonds. The fraction of sp³-hybridized carbons (Fsp3) is 0.400. The Hall–Kier alpha value is -2.72. The molecule has 0 unspecified atom stereocenters. The second kappa shape index (κ2) is 8.97. The lowest BCUT2D eigenvalue weighted by molar-refractivity contribution is 0.0689. The number of nitrogens with one attached hydrogen (secondary N) is 1. The van der Waals surface area contributed by atoms with Gasteiger partial charge in [-0.05, 0) is 49.1 Å². The summed E-state index contributed by atoms with van der Waals surface area (Å²) in [6.45, 7) is 1.05. The Morgan fingerprint density at radius 3 is 2.60 bits per heavy atom. The second-order valence-electron chi connectivity index (χ2n) is 7.22. The van der Waals surface area contributed by atoms with Crippen LogP contribution < -0.4 is 15.0 Å². The van der Waals surface area contributed by atoms with Crippen molar-refractivity contribution in [1.82, 2.24) is 14.2 Å². The van der Waals surface area contributed by atoms with E-state index in [4.69, 9.17) is 4.74 Å². The number of sulfonamides is 1. The van der Waals surface area contributed by atoms with Gasteiger partial charge in [0, 0.05) is 32.9 Å². The highest BCUT2D eigenvalue weighted by molar-refractivity contribution is 7.89. The highest BCUT2D eigenvalue weighted by Crippen LogP contribution is 2.22. The van der Waals surface area contributed by atoms with E-state index in [9.17, 15) is 22.4 Å². The molecule has 3 rings (SSSR count). The van der Waals surface area contributed by atoms with Crippen LogP contribution in [0.5, 0.6) is 5.75 Å². The number of hydrogen-bond acceptors (Lipinski definition) is 5. The normalized spacial score (nSPS) is 15.2. The van der Waals surface area contributed by atoms with Gasteiger partial charge in [-0.2, -0.15) is 0 Å². The molecule has 1 N–H and O–H groups in total. The van der Waals surface area contributed by atoms with Gasteiger partial charge in [-0.1, -0.05) is 0 Å². The topological polar surface area (TPSA) is 97.7 Å². The molecule has 0 aliphatic carbocycles. The van der Waals surface area contributed by atoms with Gasteiger partial charge in [-0.3, -0.25) is 9.59 Å². The van der Waals surface area contributed by atoms with Gasteiger partial charge in [0.2, 0.25) is 10.0 Å². The number of benzene rings is 1. The summed E-state index contributed by atoms with van der Waals surface area (Å²) in [6, 6.07) is 6.63. The Balaban J connectivity index is 1.57. The number of carbonyl (C=O) groups is 1.